The molecule has 98 valence electrons. The van der Waals surface area contributed by atoms with Crippen molar-refractivity contribution in [2.24, 2.45) is 0 Å². The fraction of sp³-hybridized carbons (Fsp3) is 0.455. The molecular weight excluding hydrogens is 247 g/mol. The van der Waals surface area contributed by atoms with E-state index in [-0.39, 0.29) is 17.9 Å². The van der Waals surface area contributed by atoms with E-state index < -0.39 is 17.8 Å². The fourth-order valence-electron chi connectivity index (χ4n) is 1.83. The minimum absolute atomic E-state index is 0.0131. The molecular formula is C11H12F3N3O. The highest BCUT2D eigenvalue weighted by Gasteiger charge is 2.37. The molecule has 0 aliphatic carbocycles. The first-order valence-electron chi connectivity index (χ1n) is 5.43. The number of amides is 2. The third-order valence-electron chi connectivity index (χ3n) is 3.02. The summed E-state index contributed by atoms with van der Waals surface area (Å²) in [5.74, 6) is 0.0131. The van der Waals surface area contributed by atoms with Gasteiger partial charge in [-0.15, -0.1) is 0 Å². The smallest absolute Gasteiger partial charge is 0.333 e. The van der Waals surface area contributed by atoms with Gasteiger partial charge in [-0.05, 0) is 26.0 Å². The fourth-order valence-corrected chi connectivity index (χ4v) is 1.83. The summed E-state index contributed by atoms with van der Waals surface area (Å²) in [5.41, 5.74) is -0.813. The highest BCUT2D eigenvalue weighted by molar-refractivity contribution is 5.94. The molecule has 0 saturated carbocycles. The van der Waals surface area contributed by atoms with Crippen molar-refractivity contribution in [3.8, 4) is 0 Å². The number of urea groups is 1. The number of halogens is 3. The van der Waals surface area contributed by atoms with E-state index in [2.05, 4.69) is 10.3 Å². The van der Waals surface area contributed by atoms with Gasteiger partial charge in [-0.1, -0.05) is 0 Å². The lowest BCUT2D eigenvalue weighted by Crippen LogP contribution is -2.34. The van der Waals surface area contributed by atoms with E-state index in [4.69, 9.17) is 0 Å². The van der Waals surface area contributed by atoms with Crippen molar-refractivity contribution in [3.63, 3.8) is 0 Å². The zero-order chi connectivity index (χ0) is 13.5. The lowest BCUT2D eigenvalue weighted by atomic mass is 10.2. The zero-order valence-electron chi connectivity index (χ0n) is 9.82. The van der Waals surface area contributed by atoms with Crippen molar-refractivity contribution in [3.05, 3.63) is 23.9 Å². The van der Waals surface area contributed by atoms with Crippen molar-refractivity contribution < 1.29 is 18.0 Å². The van der Waals surface area contributed by atoms with Gasteiger partial charge in [0.15, 0.2) is 0 Å². The Kier molecular flexibility index (Phi) is 2.92. The minimum Gasteiger partial charge on any atom is -0.333 e. The lowest BCUT2D eigenvalue weighted by Gasteiger charge is -2.21. The van der Waals surface area contributed by atoms with Gasteiger partial charge in [-0.25, -0.2) is 9.78 Å². The molecule has 7 heteroatoms. The number of nitrogens with one attached hydrogen (secondary N) is 1. The third kappa shape index (κ3) is 2.12. The number of aromatic nitrogens is 1. The first kappa shape index (κ1) is 12.7. The molecule has 1 aromatic rings. The second kappa shape index (κ2) is 4.15. The average molecular weight is 259 g/mol. The van der Waals surface area contributed by atoms with E-state index in [0.29, 0.717) is 0 Å². The summed E-state index contributed by atoms with van der Waals surface area (Å²) in [7, 11) is 0. The number of carbonyl (C=O) groups is 1. The summed E-state index contributed by atoms with van der Waals surface area (Å²) >= 11 is 0. The first-order valence-corrected chi connectivity index (χ1v) is 5.43. The van der Waals surface area contributed by atoms with Gasteiger partial charge in [0.05, 0.1) is 11.6 Å². The lowest BCUT2D eigenvalue weighted by molar-refractivity contribution is -0.137. The molecule has 1 aliphatic rings. The van der Waals surface area contributed by atoms with Crippen LogP contribution in [0.3, 0.4) is 0 Å². The van der Waals surface area contributed by atoms with Crippen LogP contribution in [0, 0.1) is 0 Å². The van der Waals surface area contributed by atoms with Gasteiger partial charge in [0, 0.05) is 12.2 Å². The summed E-state index contributed by atoms with van der Waals surface area (Å²) in [6, 6.07) is 0.962. The number of hydrogen-bond acceptors (Lipinski definition) is 2. The monoisotopic (exact) mass is 259 g/mol. The molecule has 0 bridgehead atoms. The normalized spacial score (nSPS) is 24.3. The molecule has 2 heterocycles. The van der Waals surface area contributed by atoms with Crippen LogP contribution < -0.4 is 10.2 Å². The molecule has 18 heavy (non-hydrogen) atoms. The van der Waals surface area contributed by atoms with Gasteiger partial charge in [-0.2, -0.15) is 13.2 Å². The number of rotatable bonds is 1. The Morgan fingerprint density at radius 3 is 2.56 bits per heavy atom. The number of alkyl halides is 3. The predicted molar refractivity (Wildman–Crippen MR) is 59.2 cm³/mol. The van der Waals surface area contributed by atoms with Crippen molar-refractivity contribution >= 4 is 11.8 Å². The topological polar surface area (TPSA) is 45.2 Å². The van der Waals surface area contributed by atoms with Gasteiger partial charge in [-0.3, -0.25) is 4.90 Å². The summed E-state index contributed by atoms with van der Waals surface area (Å²) in [6.45, 7) is 3.54. The van der Waals surface area contributed by atoms with Crippen LogP contribution in [0.15, 0.2) is 18.3 Å². The molecule has 1 N–H and O–H groups in total. The summed E-state index contributed by atoms with van der Waals surface area (Å²) < 4.78 is 37.7. The van der Waals surface area contributed by atoms with Gasteiger partial charge < -0.3 is 5.32 Å². The van der Waals surface area contributed by atoms with Crippen molar-refractivity contribution in [1.82, 2.24) is 10.3 Å². The Labute approximate surface area is 102 Å². The van der Waals surface area contributed by atoms with E-state index in [1.807, 2.05) is 0 Å². The Hall–Kier alpha value is -1.79. The summed E-state index contributed by atoms with van der Waals surface area (Å²) in [6.07, 6.45) is -3.39. The van der Waals surface area contributed by atoms with Gasteiger partial charge >= 0.3 is 12.2 Å². The number of hydrogen-bond donors (Lipinski definition) is 1. The predicted octanol–water partition coefficient (Wildman–Crippen LogP) is 2.41. The largest absolute Gasteiger partial charge is 0.416 e. The molecule has 0 spiro atoms. The standard InChI is InChI=1S/C11H12F3N3O/c1-6-7(2)17(10(18)16-6)9-5-8(3-4-15-9)11(12,13)14/h3-7H,1-2H3,(H,16,18). The number of nitrogens with zero attached hydrogens (tertiary/aromatic N) is 2. The number of pyridine rings is 1. The number of anilines is 1. The van der Waals surface area contributed by atoms with Crippen LogP contribution in [0.5, 0.6) is 0 Å². The van der Waals surface area contributed by atoms with Gasteiger partial charge in [0.2, 0.25) is 0 Å². The molecule has 1 aromatic heterocycles. The SMILES string of the molecule is CC1NC(=O)N(c2cc(C(F)(F)F)ccn2)C1C. The van der Waals surface area contributed by atoms with Gasteiger partial charge in [0.25, 0.3) is 0 Å². The van der Waals surface area contributed by atoms with Crippen LogP contribution in [-0.4, -0.2) is 23.1 Å². The van der Waals surface area contributed by atoms with Crippen LogP contribution in [0.4, 0.5) is 23.8 Å². The molecule has 0 radical (unpaired) electrons. The highest BCUT2D eigenvalue weighted by atomic mass is 19.4. The molecule has 1 saturated heterocycles. The van der Waals surface area contributed by atoms with Crippen LogP contribution >= 0.6 is 0 Å². The highest BCUT2D eigenvalue weighted by Crippen LogP contribution is 2.31. The number of carbonyl (C=O) groups excluding carboxylic acids is 1. The Bertz CT molecular complexity index is 475. The van der Waals surface area contributed by atoms with E-state index in [9.17, 15) is 18.0 Å². The molecule has 1 fully saturated rings. The van der Waals surface area contributed by atoms with Crippen molar-refractivity contribution in [1.29, 1.82) is 0 Å². The Balaban J connectivity index is 2.37. The van der Waals surface area contributed by atoms with Crippen molar-refractivity contribution in [2.75, 3.05) is 4.90 Å². The third-order valence-corrected chi connectivity index (χ3v) is 3.02. The maximum atomic E-state index is 12.6. The molecule has 4 nitrogen and oxygen atoms in total. The van der Waals surface area contributed by atoms with Crippen LogP contribution in [0.25, 0.3) is 0 Å². The maximum absolute atomic E-state index is 12.6. The van der Waals surface area contributed by atoms with Crippen LogP contribution in [0.2, 0.25) is 0 Å². The van der Waals surface area contributed by atoms with E-state index in [0.717, 1.165) is 18.3 Å². The minimum atomic E-state index is -4.44. The maximum Gasteiger partial charge on any atom is 0.416 e. The Morgan fingerprint density at radius 2 is 2.06 bits per heavy atom. The zero-order valence-corrected chi connectivity index (χ0v) is 9.82. The summed E-state index contributed by atoms with van der Waals surface area (Å²) in [5, 5.41) is 2.64. The molecule has 2 unspecified atom stereocenters. The quantitative estimate of drug-likeness (QED) is 0.841. The van der Waals surface area contributed by atoms with Gasteiger partial charge in [0.1, 0.15) is 5.82 Å². The molecule has 0 aromatic carbocycles. The molecule has 1 aliphatic heterocycles. The van der Waals surface area contributed by atoms with Crippen LogP contribution in [-0.2, 0) is 6.18 Å². The second-order valence-corrected chi connectivity index (χ2v) is 4.25. The summed E-state index contributed by atoms with van der Waals surface area (Å²) in [4.78, 5) is 16.7. The van der Waals surface area contributed by atoms with Crippen LogP contribution in [0.1, 0.15) is 19.4 Å². The Morgan fingerprint density at radius 1 is 1.39 bits per heavy atom. The van der Waals surface area contributed by atoms with Crippen molar-refractivity contribution in [2.45, 2.75) is 32.1 Å². The molecule has 2 atom stereocenters. The van der Waals surface area contributed by atoms with E-state index in [1.54, 1.807) is 13.8 Å². The molecule has 2 rings (SSSR count). The molecule has 2 amide bonds. The first-order chi connectivity index (χ1) is 8.30. The second-order valence-electron chi connectivity index (χ2n) is 4.25. The average Bonchev–Trinajstić information content (AvgIpc) is 2.52. The van der Waals surface area contributed by atoms with E-state index >= 15 is 0 Å². The van der Waals surface area contributed by atoms with E-state index in [1.165, 1.54) is 4.90 Å².